The summed E-state index contributed by atoms with van der Waals surface area (Å²) in [5.41, 5.74) is 1.13. The maximum Gasteiger partial charge on any atom is 0.161 e. The predicted molar refractivity (Wildman–Crippen MR) is 91.3 cm³/mol. The van der Waals surface area contributed by atoms with Crippen molar-refractivity contribution in [1.29, 1.82) is 0 Å². The second kappa shape index (κ2) is 8.88. The Morgan fingerprint density at radius 1 is 1.05 bits per heavy atom. The standard InChI is InChI=1S/C15H21NS3/c1-2-3-4-5-6-9-12-17-19-15-16-13-10-7-8-11-14(13)18-15/h7-8,10-11H,2-6,9,12H2,1H3. The zero-order valence-corrected chi connectivity index (χ0v) is 13.9. The van der Waals surface area contributed by atoms with Gasteiger partial charge in [-0.3, -0.25) is 0 Å². The minimum Gasteiger partial charge on any atom is -0.229 e. The molecule has 0 atom stereocenters. The van der Waals surface area contributed by atoms with Crippen LogP contribution >= 0.6 is 32.9 Å². The fourth-order valence-electron chi connectivity index (χ4n) is 1.92. The first-order valence-electron chi connectivity index (χ1n) is 7.05. The van der Waals surface area contributed by atoms with Gasteiger partial charge in [-0.05, 0) is 29.3 Å². The van der Waals surface area contributed by atoms with Crippen LogP contribution < -0.4 is 0 Å². The van der Waals surface area contributed by atoms with E-state index in [1.54, 1.807) is 11.3 Å². The van der Waals surface area contributed by atoms with E-state index >= 15 is 0 Å². The number of unbranched alkanes of at least 4 members (excludes halogenated alkanes) is 5. The Kier molecular flexibility index (Phi) is 7.10. The second-order valence-electron chi connectivity index (χ2n) is 4.62. The smallest absolute Gasteiger partial charge is 0.161 e. The molecule has 0 bridgehead atoms. The van der Waals surface area contributed by atoms with Crippen molar-refractivity contribution < 1.29 is 0 Å². The molecule has 0 fully saturated rings. The molecular formula is C15H21NS3. The second-order valence-corrected chi connectivity index (χ2v) is 8.31. The third-order valence-corrected chi connectivity index (χ3v) is 6.77. The third-order valence-electron chi connectivity index (χ3n) is 2.99. The molecule has 0 amide bonds. The molecule has 104 valence electrons. The molecule has 0 saturated heterocycles. The monoisotopic (exact) mass is 311 g/mol. The minimum absolute atomic E-state index is 1.13. The number of aromatic nitrogens is 1. The van der Waals surface area contributed by atoms with E-state index in [4.69, 9.17) is 0 Å². The molecule has 0 radical (unpaired) electrons. The summed E-state index contributed by atoms with van der Waals surface area (Å²) < 4.78 is 2.49. The van der Waals surface area contributed by atoms with Crippen LogP contribution in [0, 0.1) is 0 Å². The molecule has 1 nitrogen and oxygen atoms in total. The van der Waals surface area contributed by atoms with Gasteiger partial charge in [0.05, 0.1) is 10.2 Å². The quantitative estimate of drug-likeness (QED) is 0.393. The van der Waals surface area contributed by atoms with Gasteiger partial charge >= 0.3 is 0 Å². The lowest BCUT2D eigenvalue weighted by atomic mass is 10.1. The molecule has 0 aliphatic carbocycles. The third kappa shape index (κ3) is 5.36. The number of fused-ring (bicyclic) bond motifs is 1. The summed E-state index contributed by atoms with van der Waals surface area (Å²) in [6, 6.07) is 8.38. The van der Waals surface area contributed by atoms with E-state index < -0.39 is 0 Å². The van der Waals surface area contributed by atoms with Gasteiger partial charge in [-0.2, -0.15) is 0 Å². The van der Waals surface area contributed by atoms with Crippen molar-refractivity contribution in [3.63, 3.8) is 0 Å². The van der Waals surface area contributed by atoms with E-state index in [0.717, 1.165) is 5.52 Å². The molecule has 0 aliphatic heterocycles. The Morgan fingerprint density at radius 3 is 2.68 bits per heavy atom. The van der Waals surface area contributed by atoms with E-state index in [2.05, 4.69) is 36.2 Å². The van der Waals surface area contributed by atoms with Crippen LogP contribution in [0.25, 0.3) is 10.2 Å². The molecule has 1 aromatic heterocycles. The SMILES string of the molecule is CCCCCCCCSSc1nc2ccccc2s1. The number of nitrogens with zero attached hydrogens (tertiary/aromatic N) is 1. The molecule has 0 spiro atoms. The predicted octanol–water partition coefficient (Wildman–Crippen LogP) is 6.40. The van der Waals surface area contributed by atoms with Crippen molar-refractivity contribution in [3.05, 3.63) is 24.3 Å². The highest BCUT2D eigenvalue weighted by Crippen LogP contribution is 2.36. The van der Waals surface area contributed by atoms with Crippen LogP contribution in [-0.4, -0.2) is 10.7 Å². The van der Waals surface area contributed by atoms with E-state index in [1.165, 1.54) is 53.3 Å². The van der Waals surface area contributed by atoms with Crippen LogP contribution in [0.15, 0.2) is 28.6 Å². The molecule has 0 unspecified atom stereocenters. The van der Waals surface area contributed by atoms with E-state index in [9.17, 15) is 0 Å². The summed E-state index contributed by atoms with van der Waals surface area (Å²) in [4.78, 5) is 4.63. The Bertz CT molecular complexity index is 448. The van der Waals surface area contributed by atoms with Crippen molar-refractivity contribution in [2.24, 2.45) is 0 Å². The van der Waals surface area contributed by atoms with Crippen LogP contribution in [0.1, 0.15) is 45.4 Å². The largest absolute Gasteiger partial charge is 0.229 e. The normalized spacial score (nSPS) is 11.2. The van der Waals surface area contributed by atoms with Crippen molar-refractivity contribution in [2.75, 3.05) is 5.75 Å². The maximum absolute atomic E-state index is 4.63. The van der Waals surface area contributed by atoms with Crippen LogP contribution in [0.5, 0.6) is 0 Å². The van der Waals surface area contributed by atoms with Crippen LogP contribution in [0.3, 0.4) is 0 Å². The van der Waals surface area contributed by atoms with Crippen LogP contribution in [0.4, 0.5) is 0 Å². The summed E-state index contributed by atoms with van der Waals surface area (Å²) in [7, 11) is 3.79. The van der Waals surface area contributed by atoms with Gasteiger partial charge in [-0.1, -0.05) is 62.0 Å². The van der Waals surface area contributed by atoms with Crippen molar-refractivity contribution in [3.8, 4) is 0 Å². The highest BCUT2D eigenvalue weighted by molar-refractivity contribution is 8.77. The molecule has 0 saturated carbocycles. The molecule has 2 aromatic rings. The van der Waals surface area contributed by atoms with E-state index in [1.807, 2.05) is 21.6 Å². The lowest BCUT2D eigenvalue weighted by Gasteiger charge is -1.99. The first-order valence-corrected chi connectivity index (χ1v) is 10.2. The highest BCUT2D eigenvalue weighted by atomic mass is 33.1. The number of para-hydroxylation sites is 1. The molecule has 1 heterocycles. The Labute approximate surface area is 128 Å². The first kappa shape index (κ1) is 15.2. The lowest BCUT2D eigenvalue weighted by Crippen LogP contribution is -1.80. The molecule has 19 heavy (non-hydrogen) atoms. The van der Waals surface area contributed by atoms with Gasteiger partial charge in [0.2, 0.25) is 0 Å². The Morgan fingerprint density at radius 2 is 1.84 bits per heavy atom. The van der Waals surface area contributed by atoms with Gasteiger partial charge in [0.15, 0.2) is 4.34 Å². The summed E-state index contributed by atoms with van der Waals surface area (Å²) in [5, 5.41) is 0. The van der Waals surface area contributed by atoms with Gasteiger partial charge in [0.1, 0.15) is 0 Å². The molecule has 1 aromatic carbocycles. The average molecular weight is 312 g/mol. The Balaban J connectivity index is 1.60. The zero-order chi connectivity index (χ0) is 13.3. The van der Waals surface area contributed by atoms with Crippen LogP contribution in [-0.2, 0) is 0 Å². The Hall–Kier alpha value is -0.190. The number of rotatable bonds is 9. The zero-order valence-electron chi connectivity index (χ0n) is 11.4. The van der Waals surface area contributed by atoms with Crippen molar-refractivity contribution in [2.45, 2.75) is 49.8 Å². The number of benzene rings is 1. The molecular weight excluding hydrogens is 290 g/mol. The molecule has 4 heteroatoms. The van der Waals surface area contributed by atoms with Crippen molar-refractivity contribution >= 4 is 43.1 Å². The number of hydrogen-bond acceptors (Lipinski definition) is 4. The average Bonchev–Trinajstić information content (AvgIpc) is 2.84. The van der Waals surface area contributed by atoms with Gasteiger partial charge in [-0.15, -0.1) is 11.3 Å². The minimum atomic E-state index is 1.13. The van der Waals surface area contributed by atoms with Gasteiger partial charge < -0.3 is 0 Å². The van der Waals surface area contributed by atoms with Crippen LogP contribution in [0.2, 0.25) is 0 Å². The fraction of sp³-hybridized carbons (Fsp3) is 0.533. The molecule has 2 rings (SSSR count). The summed E-state index contributed by atoms with van der Waals surface area (Å²) in [5.74, 6) is 1.24. The highest BCUT2D eigenvalue weighted by Gasteiger charge is 2.03. The summed E-state index contributed by atoms with van der Waals surface area (Å²) in [6.45, 7) is 2.27. The summed E-state index contributed by atoms with van der Waals surface area (Å²) >= 11 is 1.80. The number of thiazole rings is 1. The van der Waals surface area contributed by atoms with Gasteiger partial charge in [0, 0.05) is 5.75 Å². The maximum atomic E-state index is 4.63. The van der Waals surface area contributed by atoms with Gasteiger partial charge in [-0.25, -0.2) is 4.98 Å². The van der Waals surface area contributed by atoms with Gasteiger partial charge in [0.25, 0.3) is 0 Å². The first-order chi connectivity index (χ1) is 9.40. The van der Waals surface area contributed by atoms with E-state index in [-0.39, 0.29) is 0 Å². The summed E-state index contributed by atoms with van der Waals surface area (Å²) in [6.07, 6.45) is 8.27. The fourth-order valence-corrected chi connectivity index (χ4v) is 5.42. The molecule has 0 aliphatic rings. The molecule has 0 N–H and O–H groups in total. The lowest BCUT2D eigenvalue weighted by molar-refractivity contribution is 0.627. The topological polar surface area (TPSA) is 12.9 Å². The van der Waals surface area contributed by atoms with E-state index in [0.29, 0.717) is 0 Å². The van der Waals surface area contributed by atoms with Crippen molar-refractivity contribution in [1.82, 2.24) is 4.98 Å². The number of hydrogen-bond donors (Lipinski definition) is 0.